The van der Waals surface area contributed by atoms with Crippen molar-refractivity contribution in [2.45, 2.75) is 45.2 Å². The van der Waals surface area contributed by atoms with Gasteiger partial charge in [0.05, 0.1) is 12.5 Å². The number of para-hydroxylation sites is 1. The fraction of sp³-hybridized carbons (Fsp3) is 0.375. The summed E-state index contributed by atoms with van der Waals surface area (Å²) < 4.78 is 0. The molecule has 2 aromatic rings. The molecule has 31 heavy (non-hydrogen) atoms. The minimum absolute atomic E-state index is 0.0178. The number of hydrogen-bond acceptors (Lipinski definition) is 3. The summed E-state index contributed by atoms with van der Waals surface area (Å²) in [5, 5.41) is 8.83. The van der Waals surface area contributed by atoms with Crippen molar-refractivity contribution in [1.29, 1.82) is 0 Å². The number of amides is 4. The van der Waals surface area contributed by atoms with Gasteiger partial charge in [0.15, 0.2) is 0 Å². The van der Waals surface area contributed by atoms with E-state index in [1.807, 2.05) is 61.5 Å². The molecular weight excluding hydrogens is 392 g/mol. The first-order chi connectivity index (χ1) is 14.9. The Morgan fingerprint density at radius 1 is 1.00 bits per heavy atom. The lowest BCUT2D eigenvalue weighted by Crippen LogP contribution is -2.48. The molecule has 0 radical (unpaired) electrons. The van der Waals surface area contributed by atoms with E-state index in [1.165, 1.54) is 6.92 Å². The van der Waals surface area contributed by atoms with Crippen LogP contribution in [0.2, 0.25) is 0 Å². The number of urea groups is 1. The van der Waals surface area contributed by atoms with Gasteiger partial charge in [0.1, 0.15) is 0 Å². The van der Waals surface area contributed by atoms with Crippen LogP contribution >= 0.6 is 0 Å². The Morgan fingerprint density at radius 2 is 1.65 bits per heavy atom. The number of carbonyl (C=O) groups excluding carboxylic acids is 3. The first-order valence-electron chi connectivity index (χ1n) is 10.6. The van der Waals surface area contributed by atoms with Gasteiger partial charge in [-0.3, -0.25) is 9.59 Å². The fourth-order valence-electron chi connectivity index (χ4n) is 3.72. The van der Waals surface area contributed by atoms with E-state index in [0.29, 0.717) is 25.9 Å². The van der Waals surface area contributed by atoms with Crippen molar-refractivity contribution >= 4 is 23.5 Å². The third-order valence-electron chi connectivity index (χ3n) is 5.42. The highest BCUT2D eigenvalue weighted by Crippen LogP contribution is 2.19. The quantitative estimate of drug-likeness (QED) is 0.667. The lowest BCUT2D eigenvalue weighted by Gasteiger charge is -2.32. The standard InChI is InChI=1S/C24H30N4O3/c1-17-8-10-19(11-9-17)22(25-18(2)29)16-23(30)26-21-12-14-28(15-13-21)24(31)27-20-6-4-3-5-7-20/h3-11,21-22H,12-16H2,1-2H3,(H,25,29)(H,26,30)(H,27,31). The van der Waals surface area contributed by atoms with Gasteiger partial charge in [0, 0.05) is 31.7 Å². The van der Waals surface area contributed by atoms with Crippen LogP contribution in [0.3, 0.4) is 0 Å². The minimum Gasteiger partial charge on any atom is -0.353 e. The molecular formula is C24H30N4O3. The number of aryl methyl sites for hydroxylation is 1. The number of carbonyl (C=O) groups is 3. The number of hydrogen-bond donors (Lipinski definition) is 3. The Hall–Kier alpha value is -3.35. The molecule has 1 saturated heterocycles. The summed E-state index contributed by atoms with van der Waals surface area (Å²) in [6.07, 6.45) is 1.57. The predicted molar refractivity (Wildman–Crippen MR) is 121 cm³/mol. The van der Waals surface area contributed by atoms with Gasteiger partial charge < -0.3 is 20.9 Å². The number of benzene rings is 2. The molecule has 1 atom stereocenters. The van der Waals surface area contributed by atoms with Gasteiger partial charge in [-0.25, -0.2) is 4.79 Å². The average Bonchev–Trinajstić information content (AvgIpc) is 2.74. The summed E-state index contributed by atoms with van der Waals surface area (Å²) in [5.74, 6) is -0.275. The average molecular weight is 423 g/mol. The van der Waals surface area contributed by atoms with Crippen LogP contribution in [0.4, 0.5) is 10.5 Å². The van der Waals surface area contributed by atoms with Crippen molar-refractivity contribution in [1.82, 2.24) is 15.5 Å². The van der Waals surface area contributed by atoms with E-state index in [0.717, 1.165) is 16.8 Å². The number of nitrogens with zero attached hydrogens (tertiary/aromatic N) is 1. The van der Waals surface area contributed by atoms with Crippen LogP contribution in [0.25, 0.3) is 0 Å². The highest BCUT2D eigenvalue weighted by Gasteiger charge is 2.25. The smallest absolute Gasteiger partial charge is 0.321 e. The minimum atomic E-state index is -0.366. The van der Waals surface area contributed by atoms with E-state index in [4.69, 9.17) is 0 Å². The first-order valence-corrected chi connectivity index (χ1v) is 10.6. The second kappa shape index (κ2) is 10.6. The van der Waals surface area contributed by atoms with Crippen molar-refractivity contribution < 1.29 is 14.4 Å². The van der Waals surface area contributed by atoms with Crippen molar-refractivity contribution in [2.24, 2.45) is 0 Å². The van der Waals surface area contributed by atoms with E-state index in [2.05, 4.69) is 16.0 Å². The molecule has 1 fully saturated rings. The number of likely N-dealkylation sites (tertiary alicyclic amines) is 1. The summed E-state index contributed by atoms with van der Waals surface area (Å²) in [7, 11) is 0. The van der Waals surface area contributed by atoms with Crippen LogP contribution in [-0.4, -0.2) is 41.9 Å². The van der Waals surface area contributed by atoms with Gasteiger partial charge in [-0.05, 0) is 37.5 Å². The molecule has 7 nitrogen and oxygen atoms in total. The molecule has 3 N–H and O–H groups in total. The second-order valence-corrected chi connectivity index (χ2v) is 7.99. The van der Waals surface area contributed by atoms with Crippen molar-refractivity contribution in [2.75, 3.05) is 18.4 Å². The third kappa shape index (κ3) is 6.84. The molecule has 0 spiro atoms. The Labute approximate surface area is 183 Å². The fourth-order valence-corrected chi connectivity index (χ4v) is 3.72. The van der Waals surface area contributed by atoms with Crippen molar-refractivity contribution in [3.05, 3.63) is 65.7 Å². The predicted octanol–water partition coefficient (Wildman–Crippen LogP) is 3.38. The van der Waals surface area contributed by atoms with Gasteiger partial charge in [-0.15, -0.1) is 0 Å². The summed E-state index contributed by atoms with van der Waals surface area (Å²) in [5.41, 5.74) is 2.80. The third-order valence-corrected chi connectivity index (χ3v) is 5.42. The molecule has 4 amide bonds. The Bertz CT molecular complexity index is 891. The van der Waals surface area contributed by atoms with Crippen LogP contribution in [0.15, 0.2) is 54.6 Å². The van der Waals surface area contributed by atoms with E-state index in [1.54, 1.807) is 4.90 Å². The Kier molecular flexibility index (Phi) is 7.65. The zero-order valence-electron chi connectivity index (χ0n) is 18.1. The second-order valence-electron chi connectivity index (χ2n) is 7.99. The van der Waals surface area contributed by atoms with Crippen molar-refractivity contribution in [3.8, 4) is 0 Å². The molecule has 3 rings (SSSR count). The highest BCUT2D eigenvalue weighted by atomic mass is 16.2. The van der Waals surface area contributed by atoms with E-state index < -0.39 is 0 Å². The molecule has 2 aromatic carbocycles. The van der Waals surface area contributed by atoms with Crippen molar-refractivity contribution in [3.63, 3.8) is 0 Å². The normalized spacial score (nSPS) is 15.1. The molecule has 0 aromatic heterocycles. The van der Waals surface area contributed by atoms with Crippen LogP contribution in [0, 0.1) is 6.92 Å². The van der Waals surface area contributed by atoms with Gasteiger partial charge in [-0.2, -0.15) is 0 Å². The summed E-state index contributed by atoms with van der Waals surface area (Å²) in [6.45, 7) is 4.61. The zero-order valence-corrected chi connectivity index (χ0v) is 18.1. The van der Waals surface area contributed by atoms with Gasteiger partial charge >= 0.3 is 6.03 Å². The molecule has 1 unspecified atom stereocenters. The van der Waals surface area contributed by atoms with Gasteiger partial charge in [0.25, 0.3) is 0 Å². The van der Waals surface area contributed by atoms with E-state index >= 15 is 0 Å². The number of piperidine rings is 1. The summed E-state index contributed by atoms with van der Waals surface area (Å²) in [6, 6.07) is 16.7. The highest BCUT2D eigenvalue weighted by molar-refractivity contribution is 5.89. The molecule has 0 aliphatic carbocycles. The maximum Gasteiger partial charge on any atom is 0.321 e. The van der Waals surface area contributed by atoms with Gasteiger partial charge in [-0.1, -0.05) is 48.0 Å². The van der Waals surface area contributed by atoms with Crippen LogP contribution in [0.5, 0.6) is 0 Å². The molecule has 1 aliphatic rings. The van der Waals surface area contributed by atoms with E-state index in [-0.39, 0.29) is 36.3 Å². The lowest BCUT2D eigenvalue weighted by molar-refractivity contribution is -0.123. The number of anilines is 1. The summed E-state index contributed by atoms with van der Waals surface area (Å²) >= 11 is 0. The van der Waals surface area contributed by atoms with E-state index in [9.17, 15) is 14.4 Å². The number of nitrogens with one attached hydrogen (secondary N) is 3. The summed E-state index contributed by atoms with van der Waals surface area (Å²) in [4.78, 5) is 38.4. The monoisotopic (exact) mass is 422 g/mol. The van der Waals surface area contributed by atoms with Crippen LogP contribution in [0.1, 0.15) is 43.4 Å². The lowest BCUT2D eigenvalue weighted by atomic mass is 10.0. The maximum atomic E-state index is 12.6. The molecule has 1 heterocycles. The van der Waals surface area contributed by atoms with Crippen LogP contribution < -0.4 is 16.0 Å². The Morgan fingerprint density at radius 3 is 2.26 bits per heavy atom. The topological polar surface area (TPSA) is 90.5 Å². The largest absolute Gasteiger partial charge is 0.353 e. The SMILES string of the molecule is CC(=O)NC(CC(=O)NC1CCN(C(=O)Nc2ccccc2)CC1)c1ccc(C)cc1. The van der Waals surface area contributed by atoms with Gasteiger partial charge in [0.2, 0.25) is 11.8 Å². The molecule has 1 aliphatic heterocycles. The number of rotatable bonds is 6. The molecule has 7 heteroatoms. The molecule has 164 valence electrons. The molecule has 0 bridgehead atoms. The first kappa shape index (κ1) is 22.3. The maximum absolute atomic E-state index is 12.6. The van der Waals surface area contributed by atoms with Crippen LogP contribution in [-0.2, 0) is 9.59 Å². The zero-order chi connectivity index (χ0) is 22.2. The Balaban J connectivity index is 1.48. The molecule has 0 saturated carbocycles.